The highest BCUT2D eigenvalue weighted by Crippen LogP contribution is 2.11. The molecule has 2 aromatic rings. The van der Waals surface area contributed by atoms with Gasteiger partial charge < -0.3 is 4.74 Å². The third-order valence-corrected chi connectivity index (χ3v) is 3.16. The lowest BCUT2D eigenvalue weighted by atomic mass is 10.1. The van der Waals surface area contributed by atoms with Crippen molar-refractivity contribution in [1.82, 2.24) is 4.90 Å². The molecule has 0 heterocycles. The lowest BCUT2D eigenvalue weighted by molar-refractivity contribution is 0.140. The number of hydrogen-bond acceptors (Lipinski definition) is 2. The van der Waals surface area contributed by atoms with Gasteiger partial charge in [0.15, 0.2) is 0 Å². The Hall–Kier alpha value is -1.71. The molecule has 0 saturated carbocycles. The van der Waals surface area contributed by atoms with Crippen LogP contribution in [0.1, 0.15) is 11.1 Å². The molecule has 20 heavy (non-hydrogen) atoms. The van der Waals surface area contributed by atoms with Gasteiger partial charge in [-0.2, -0.15) is 0 Å². The van der Waals surface area contributed by atoms with Crippen LogP contribution in [0.5, 0.6) is 0 Å². The van der Waals surface area contributed by atoms with Crippen molar-refractivity contribution in [3.05, 3.63) is 71.5 Å². The maximum atomic E-state index is 13.3. The van der Waals surface area contributed by atoms with Crippen LogP contribution in [0.2, 0.25) is 0 Å². The SMILES string of the molecule is COCCN(Cc1ccccc1)Cc1cccc(F)c1. The average molecular weight is 273 g/mol. The van der Waals surface area contributed by atoms with E-state index >= 15 is 0 Å². The Bertz CT molecular complexity index is 515. The number of hydrogen-bond donors (Lipinski definition) is 0. The Labute approximate surface area is 119 Å². The van der Waals surface area contributed by atoms with Crippen molar-refractivity contribution in [2.45, 2.75) is 13.1 Å². The normalized spacial score (nSPS) is 10.9. The number of halogens is 1. The molecule has 0 N–H and O–H groups in total. The van der Waals surface area contributed by atoms with E-state index in [0.29, 0.717) is 6.61 Å². The molecule has 0 unspecified atom stereocenters. The fourth-order valence-corrected chi connectivity index (χ4v) is 2.17. The molecule has 3 heteroatoms. The van der Waals surface area contributed by atoms with Crippen molar-refractivity contribution in [1.29, 1.82) is 0 Å². The monoisotopic (exact) mass is 273 g/mol. The number of rotatable bonds is 7. The van der Waals surface area contributed by atoms with Crippen LogP contribution in [0.15, 0.2) is 54.6 Å². The Kier molecular flexibility index (Phi) is 5.71. The molecular weight excluding hydrogens is 253 g/mol. The zero-order valence-electron chi connectivity index (χ0n) is 11.8. The Balaban J connectivity index is 2.03. The van der Waals surface area contributed by atoms with E-state index < -0.39 is 0 Å². The maximum absolute atomic E-state index is 13.3. The minimum absolute atomic E-state index is 0.186. The van der Waals surface area contributed by atoms with Crippen LogP contribution in [0.3, 0.4) is 0 Å². The molecule has 0 aliphatic rings. The van der Waals surface area contributed by atoms with Gasteiger partial charge in [0, 0.05) is 26.7 Å². The largest absolute Gasteiger partial charge is 0.383 e. The van der Waals surface area contributed by atoms with E-state index in [0.717, 1.165) is 25.2 Å². The summed E-state index contributed by atoms with van der Waals surface area (Å²) in [5.74, 6) is -0.186. The Morgan fingerprint density at radius 1 is 0.950 bits per heavy atom. The first-order chi connectivity index (χ1) is 9.78. The smallest absolute Gasteiger partial charge is 0.123 e. The van der Waals surface area contributed by atoms with Crippen molar-refractivity contribution in [2.24, 2.45) is 0 Å². The number of benzene rings is 2. The standard InChI is InChI=1S/C17H20FNO/c1-20-11-10-19(13-15-6-3-2-4-7-15)14-16-8-5-9-17(18)12-16/h2-9,12H,10-11,13-14H2,1H3. The van der Waals surface area contributed by atoms with Gasteiger partial charge in [0.05, 0.1) is 6.61 Å². The van der Waals surface area contributed by atoms with E-state index in [9.17, 15) is 4.39 Å². The van der Waals surface area contributed by atoms with Crippen molar-refractivity contribution in [2.75, 3.05) is 20.3 Å². The number of nitrogens with zero attached hydrogens (tertiary/aromatic N) is 1. The van der Waals surface area contributed by atoms with Crippen molar-refractivity contribution in [3.8, 4) is 0 Å². The second-order valence-corrected chi connectivity index (χ2v) is 4.82. The summed E-state index contributed by atoms with van der Waals surface area (Å²) in [5, 5.41) is 0. The summed E-state index contributed by atoms with van der Waals surface area (Å²) in [6, 6.07) is 17.0. The fourth-order valence-electron chi connectivity index (χ4n) is 2.17. The van der Waals surface area contributed by atoms with Crippen molar-refractivity contribution < 1.29 is 9.13 Å². The summed E-state index contributed by atoms with van der Waals surface area (Å²) in [6.45, 7) is 3.04. The fraction of sp³-hybridized carbons (Fsp3) is 0.294. The molecule has 0 spiro atoms. The van der Waals surface area contributed by atoms with Crippen LogP contribution in [0.4, 0.5) is 4.39 Å². The molecule has 0 bridgehead atoms. The zero-order chi connectivity index (χ0) is 14.2. The highest BCUT2D eigenvalue weighted by Gasteiger charge is 2.07. The third-order valence-electron chi connectivity index (χ3n) is 3.16. The van der Waals surface area contributed by atoms with Crippen LogP contribution >= 0.6 is 0 Å². The first-order valence-corrected chi connectivity index (χ1v) is 6.77. The van der Waals surface area contributed by atoms with Crippen LogP contribution in [0, 0.1) is 5.82 Å². The van der Waals surface area contributed by atoms with Gasteiger partial charge in [-0.15, -0.1) is 0 Å². The van der Waals surface area contributed by atoms with Gasteiger partial charge in [0.1, 0.15) is 5.82 Å². The molecule has 0 fully saturated rings. The number of methoxy groups -OCH3 is 1. The first-order valence-electron chi connectivity index (χ1n) is 6.77. The van der Waals surface area contributed by atoms with Crippen LogP contribution in [-0.4, -0.2) is 25.2 Å². The molecule has 0 atom stereocenters. The molecule has 2 aromatic carbocycles. The Morgan fingerprint density at radius 2 is 1.65 bits per heavy atom. The molecular formula is C17H20FNO. The van der Waals surface area contributed by atoms with E-state index in [2.05, 4.69) is 17.0 Å². The van der Waals surface area contributed by atoms with Gasteiger partial charge in [-0.1, -0.05) is 42.5 Å². The van der Waals surface area contributed by atoms with Crippen LogP contribution in [-0.2, 0) is 17.8 Å². The topological polar surface area (TPSA) is 12.5 Å². The van der Waals surface area contributed by atoms with E-state index in [4.69, 9.17) is 4.74 Å². The molecule has 0 aliphatic heterocycles. The zero-order valence-corrected chi connectivity index (χ0v) is 11.8. The molecule has 0 aliphatic carbocycles. The highest BCUT2D eigenvalue weighted by molar-refractivity contribution is 5.17. The average Bonchev–Trinajstić information content (AvgIpc) is 2.46. The minimum Gasteiger partial charge on any atom is -0.383 e. The van der Waals surface area contributed by atoms with Gasteiger partial charge in [0.2, 0.25) is 0 Å². The van der Waals surface area contributed by atoms with Crippen molar-refractivity contribution in [3.63, 3.8) is 0 Å². The Morgan fingerprint density at radius 3 is 2.35 bits per heavy atom. The maximum Gasteiger partial charge on any atom is 0.123 e. The molecule has 0 aromatic heterocycles. The van der Waals surface area contributed by atoms with Crippen molar-refractivity contribution >= 4 is 0 Å². The quantitative estimate of drug-likeness (QED) is 0.766. The molecule has 2 nitrogen and oxygen atoms in total. The summed E-state index contributed by atoms with van der Waals surface area (Å²) in [7, 11) is 1.70. The molecule has 2 rings (SSSR count). The van der Waals surface area contributed by atoms with Gasteiger partial charge in [0.25, 0.3) is 0 Å². The first kappa shape index (κ1) is 14.7. The predicted molar refractivity (Wildman–Crippen MR) is 78.8 cm³/mol. The molecule has 0 radical (unpaired) electrons. The summed E-state index contributed by atoms with van der Waals surface area (Å²) in [5.41, 5.74) is 2.23. The van der Waals surface area contributed by atoms with E-state index in [1.807, 2.05) is 24.3 Å². The second-order valence-electron chi connectivity index (χ2n) is 4.82. The predicted octanol–water partition coefficient (Wildman–Crippen LogP) is 3.47. The number of ether oxygens (including phenoxy) is 1. The summed E-state index contributed by atoms with van der Waals surface area (Å²) < 4.78 is 18.4. The van der Waals surface area contributed by atoms with Crippen LogP contribution in [0.25, 0.3) is 0 Å². The summed E-state index contributed by atoms with van der Waals surface area (Å²) in [4.78, 5) is 2.26. The van der Waals surface area contributed by atoms with Gasteiger partial charge in [-0.25, -0.2) is 4.39 Å². The lowest BCUT2D eigenvalue weighted by Gasteiger charge is -2.22. The van der Waals surface area contributed by atoms with Crippen LogP contribution < -0.4 is 0 Å². The lowest BCUT2D eigenvalue weighted by Crippen LogP contribution is -2.26. The summed E-state index contributed by atoms with van der Waals surface area (Å²) >= 11 is 0. The minimum atomic E-state index is -0.186. The second kappa shape index (κ2) is 7.78. The van der Waals surface area contributed by atoms with E-state index in [1.165, 1.54) is 11.6 Å². The van der Waals surface area contributed by atoms with E-state index in [-0.39, 0.29) is 5.82 Å². The van der Waals surface area contributed by atoms with Gasteiger partial charge in [-0.3, -0.25) is 4.90 Å². The van der Waals surface area contributed by atoms with Gasteiger partial charge >= 0.3 is 0 Å². The molecule has 0 saturated heterocycles. The van der Waals surface area contributed by atoms with E-state index in [1.54, 1.807) is 19.2 Å². The summed E-state index contributed by atoms with van der Waals surface area (Å²) in [6.07, 6.45) is 0. The molecule has 106 valence electrons. The third kappa shape index (κ3) is 4.76. The highest BCUT2D eigenvalue weighted by atomic mass is 19.1. The molecule has 0 amide bonds. The van der Waals surface area contributed by atoms with Gasteiger partial charge in [-0.05, 0) is 23.3 Å².